The van der Waals surface area contributed by atoms with E-state index in [1.165, 1.54) is 0 Å². The minimum atomic E-state index is 0.881. The van der Waals surface area contributed by atoms with Gasteiger partial charge in [-0.05, 0) is 36.4 Å². The molecule has 1 N–H and O–H groups in total. The average molecular weight is 251 g/mol. The summed E-state index contributed by atoms with van der Waals surface area (Å²) in [7, 11) is 0. The number of furan rings is 1. The van der Waals surface area contributed by atoms with E-state index in [-0.39, 0.29) is 0 Å². The summed E-state index contributed by atoms with van der Waals surface area (Å²) in [6.07, 6.45) is 3.25. The van der Waals surface area contributed by atoms with E-state index in [1.807, 2.05) is 60.7 Å². The Morgan fingerprint density at radius 2 is 1.16 bits per heavy atom. The summed E-state index contributed by atoms with van der Waals surface area (Å²) in [6, 6.07) is 19.5. The first-order valence-corrected chi connectivity index (χ1v) is 6.03. The van der Waals surface area contributed by atoms with Crippen molar-refractivity contribution in [2.75, 3.05) is 5.32 Å². The Morgan fingerprint density at radius 1 is 0.632 bits per heavy atom. The second-order valence-corrected chi connectivity index (χ2v) is 4.01. The molecule has 3 nitrogen and oxygen atoms in total. The minimum Gasteiger partial charge on any atom is -0.473 e. The zero-order valence-electron chi connectivity index (χ0n) is 10.2. The number of fused-ring (bicyclic) bond motifs is 2. The van der Waals surface area contributed by atoms with Gasteiger partial charge in [0.2, 0.25) is 0 Å². The van der Waals surface area contributed by atoms with Crippen molar-refractivity contribution in [3.05, 3.63) is 73.2 Å². The lowest BCUT2D eigenvalue weighted by atomic mass is 10.2. The molecule has 0 atom stereocenters. The lowest BCUT2D eigenvalue weighted by molar-refractivity contribution is 0.481. The Kier molecular flexibility index (Phi) is 3.19. The number of anilines is 2. The fourth-order valence-corrected chi connectivity index (χ4v) is 1.81. The predicted molar refractivity (Wildman–Crippen MR) is 74.9 cm³/mol. The van der Waals surface area contributed by atoms with E-state index < -0.39 is 0 Å². The van der Waals surface area contributed by atoms with Crippen molar-refractivity contribution in [1.29, 1.82) is 0 Å². The molecule has 0 saturated carbocycles. The molecule has 1 aliphatic heterocycles. The van der Waals surface area contributed by atoms with Crippen LogP contribution >= 0.6 is 0 Å². The first-order chi connectivity index (χ1) is 9.43. The normalized spacial score (nSPS) is 10.9. The third kappa shape index (κ3) is 2.60. The van der Waals surface area contributed by atoms with Gasteiger partial charge < -0.3 is 14.5 Å². The van der Waals surface area contributed by atoms with Crippen LogP contribution in [0.4, 0.5) is 11.4 Å². The topological polar surface area (TPSA) is 34.4 Å². The standard InChI is InChI=1S/C12H9NO.C4H4O/c1-3-7-11-9(5-1)13-10-6-2-4-8-12(10)14-11;1-2-4-5-3-1/h1-8,13H;1-4H. The molecule has 94 valence electrons. The van der Waals surface area contributed by atoms with Crippen molar-refractivity contribution < 1.29 is 9.15 Å². The van der Waals surface area contributed by atoms with Crippen molar-refractivity contribution in [3.63, 3.8) is 0 Å². The number of rotatable bonds is 0. The number of hydrogen-bond acceptors (Lipinski definition) is 3. The molecular weight excluding hydrogens is 238 g/mol. The largest absolute Gasteiger partial charge is 0.473 e. The maximum absolute atomic E-state index is 5.71. The van der Waals surface area contributed by atoms with Gasteiger partial charge in [-0.3, -0.25) is 0 Å². The van der Waals surface area contributed by atoms with Crippen LogP contribution in [0.3, 0.4) is 0 Å². The van der Waals surface area contributed by atoms with E-state index in [9.17, 15) is 0 Å². The molecule has 3 aromatic rings. The molecule has 0 fully saturated rings. The van der Waals surface area contributed by atoms with Crippen LogP contribution in [0, 0.1) is 0 Å². The second kappa shape index (κ2) is 5.31. The molecule has 3 heteroatoms. The maximum atomic E-state index is 5.71. The van der Waals surface area contributed by atoms with Crippen molar-refractivity contribution >= 4 is 11.4 Å². The average Bonchev–Trinajstić information content (AvgIpc) is 3.04. The van der Waals surface area contributed by atoms with Gasteiger partial charge in [0.05, 0.1) is 23.9 Å². The van der Waals surface area contributed by atoms with Gasteiger partial charge in [0.15, 0.2) is 11.5 Å². The van der Waals surface area contributed by atoms with E-state index in [0.717, 1.165) is 22.9 Å². The molecule has 0 spiro atoms. The number of benzene rings is 2. The molecule has 19 heavy (non-hydrogen) atoms. The van der Waals surface area contributed by atoms with Crippen LogP contribution in [-0.4, -0.2) is 0 Å². The molecule has 1 aromatic heterocycles. The third-order valence-corrected chi connectivity index (χ3v) is 2.69. The quantitative estimate of drug-likeness (QED) is 0.486. The van der Waals surface area contributed by atoms with Crippen LogP contribution < -0.4 is 10.1 Å². The summed E-state index contributed by atoms with van der Waals surface area (Å²) >= 11 is 0. The Hall–Kier alpha value is -2.68. The molecule has 2 heterocycles. The van der Waals surface area contributed by atoms with Gasteiger partial charge in [-0.1, -0.05) is 24.3 Å². The van der Waals surface area contributed by atoms with E-state index in [0.29, 0.717) is 0 Å². The number of hydrogen-bond donors (Lipinski definition) is 1. The highest BCUT2D eigenvalue weighted by Gasteiger charge is 2.13. The molecule has 0 saturated heterocycles. The number of nitrogens with one attached hydrogen (secondary N) is 1. The monoisotopic (exact) mass is 251 g/mol. The molecule has 0 radical (unpaired) electrons. The summed E-state index contributed by atoms with van der Waals surface area (Å²) in [4.78, 5) is 0. The van der Waals surface area contributed by atoms with Gasteiger partial charge in [-0.15, -0.1) is 0 Å². The predicted octanol–water partition coefficient (Wildman–Crippen LogP) is 4.82. The van der Waals surface area contributed by atoms with Crippen LogP contribution in [0.25, 0.3) is 0 Å². The molecule has 0 bridgehead atoms. The van der Waals surface area contributed by atoms with Crippen molar-refractivity contribution in [2.45, 2.75) is 0 Å². The Morgan fingerprint density at radius 3 is 1.63 bits per heavy atom. The van der Waals surface area contributed by atoms with Crippen LogP contribution in [-0.2, 0) is 0 Å². The molecule has 1 aliphatic rings. The highest BCUT2D eigenvalue weighted by atomic mass is 16.5. The van der Waals surface area contributed by atoms with Gasteiger partial charge >= 0.3 is 0 Å². The fourth-order valence-electron chi connectivity index (χ4n) is 1.81. The van der Waals surface area contributed by atoms with Crippen LogP contribution in [0.1, 0.15) is 0 Å². The lowest BCUT2D eigenvalue weighted by Crippen LogP contribution is -2.01. The van der Waals surface area contributed by atoms with Gasteiger partial charge in [-0.25, -0.2) is 0 Å². The van der Waals surface area contributed by atoms with Gasteiger partial charge in [-0.2, -0.15) is 0 Å². The zero-order valence-corrected chi connectivity index (χ0v) is 10.2. The van der Waals surface area contributed by atoms with E-state index in [1.54, 1.807) is 12.5 Å². The zero-order chi connectivity index (χ0) is 12.9. The summed E-state index contributed by atoms with van der Waals surface area (Å²) < 4.78 is 10.3. The number of ether oxygens (including phenoxy) is 1. The molecule has 0 unspecified atom stereocenters. The molecule has 0 aliphatic carbocycles. The van der Waals surface area contributed by atoms with Crippen molar-refractivity contribution in [2.24, 2.45) is 0 Å². The number of para-hydroxylation sites is 4. The minimum absolute atomic E-state index is 0.881. The summed E-state index contributed by atoms with van der Waals surface area (Å²) in [5.41, 5.74) is 2.04. The molecule has 2 aromatic carbocycles. The van der Waals surface area contributed by atoms with Crippen LogP contribution in [0.15, 0.2) is 77.6 Å². The highest BCUT2D eigenvalue weighted by molar-refractivity contribution is 5.75. The smallest absolute Gasteiger partial charge is 0.150 e. The highest BCUT2D eigenvalue weighted by Crippen LogP contribution is 2.40. The second-order valence-electron chi connectivity index (χ2n) is 4.01. The van der Waals surface area contributed by atoms with Gasteiger partial charge in [0.25, 0.3) is 0 Å². The molecular formula is C16H13NO2. The maximum Gasteiger partial charge on any atom is 0.150 e. The Balaban J connectivity index is 0.000000187. The van der Waals surface area contributed by atoms with Crippen molar-refractivity contribution in [1.82, 2.24) is 0 Å². The molecule has 4 rings (SSSR count). The van der Waals surface area contributed by atoms with E-state index >= 15 is 0 Å². The fraction of sp³-hybridized carbons (Fsp3) is 0. The first kappa shape index (κ1) is 11.4. The summed E-state index contributed by atoms with van der Waals surface area (Å²) in [6.45, 7) is 0. The third-order valence-electron chi connectivity index (χ3n) is 2.69. The summed E-state index contributed by atoms with van der Waals surface area (Å²) in [5.74, 6) is 1.76. The van der Waals surface area contributed by atoms with E-state index in [4.69, 9.17) is 4.74 Å². The van der Waals surface area contributed by atoms with Crippen molar-refractivity contribution in [3.8, 4) is 11.5 Å². The van der Waals surface area contributed by atoms with Gasteiger partial charge in [0, 0.05) is 0 Å². The van der Waals surface area contributed by atoms with Gasteiger partial charge in [0.1, 0.15) is 0 Å². The molecule has 0 amide bonds. The van der Waals surface area contributed by atoms with E-state index in [2.05, 4.69) is 9.73 Å². The lowest BCUT2D eigenvalue weighted by Gasteiger charge is -2.20. The van der Waals surface area contributed by atoms with Crippen LogP contribution in [0.2, 0.25) is 0 Å². The Labute approximate surface area is 111 Å². The Bertz CT molecular complexity index is 543. The SMILES string of the molecule is c1ccc2c(c1)Nc1ccccc1O2.c1ccoc1. The van der Waals surface area contributed by atoms with Crippen LogP contribution in [0.5, 0.6) is 11.5 Å². The summed E-state index contributed by atoms with van der Waals surface area (Å²) in [5, 5.41) is 3.32. The first-order valence-electron chi connectivity index (χ1n) is 6.03.